The number of aromatic nitrogens is 4. The number of H-pyrrole nitrogens is 1. The van der Waals surface area contributed by atoms with Crippen LogP contribution in [0.3, 0.4) is 0 Å². The number of nitrogens with one attached hydrogen (secondary N) is 1. The van der Waals surface area contributed by atoms with Crippen molar-refractivity contribution in [1.82, 2.24) is 24.2 Å². The minimum Gasteiger partial charge on any atom is -0.341 e. The third-order valence-corrected chi connectivity index (χ3v) is 5.03. The Kier molecular flexibility index (Phi) is 3.73. The Labute approximate surface area is 129 Å². The average Bonchev–Trinajstić information content (AvgIpc) is 3.05. The van der Waals surface area contributed by atoms with Crippen molar-refractivity contribution in [3.63, 3.8) is 0 Å². The van der Waals surface area contributed by atoms with E-state index in [1.807, 2.05) is 19.9 Å². The van der Waals surface area contributed by atoms with Crippen LogP contribution in [-0.4, -0.2) is 45.5 Å². The third-order valence-electron chi connectivity index (χ3n) is 3.74. The first-order valence-electron chi connectivity index (χ1n) is 7.19. The van der Waals surface area contributed by atoms with Gasteiger partial charge >= 0.3 is 0 Å². The number of rotatable bonds is 3. The van der Waals surface area contributed by atoms with Crippen LogP contribution in [0.4, 0.5) is 0 Å². The lowest BCUT2D eigenvalue weighted by molar-refractivity contribution is 0.386. The number of sulfonamides is 1. The first kappa shape index (κ1) is 15.1. The molecule has 118 valence electrons. The maximum atomic E-state index is 11.9. The highest BCUT2D eigenvalue weighted by atomic mass is 32.2. The van der Waals surface area contributed by atoms with Crippen molar-refractivity contribution in [2.45, 2.75) is 32.7 Å². The minimum atomic E-state index is -3.26. The van der Waals surface area contributed by atoms with Crippen LogP contribution in [0.15, 0.2) is 12.3 Å². The van der Waals surface area contributed by atoms with Gasteiger partial charge in [0.05, 0.1) is 12.3 Å². The van der Waals surface area contributed by atoms with Crippen LogP contribution < -0.4 is 0 Å². The standard InChI is InChI=1S/C14H19N5O2S/c1-9-7-11(13-15-8-10(2)17-13)18-14(16-9)12-5-4-6-19(12)22(3,20)21/h7-8,12H,4-6H2,1-3H3,(H,15,17)/t12-/m0/s1. The average molecular weight is 321 g/mol. The summed E-state index contributed by atoms with van der Waals surface area (Å²) in [6.45, 7) is 4.33. The Balaban J connectivity index is 2.03. The zero-order valence-electron chi connectivity index (χ0n) is 12.9. The van der Waals surface area contributed by atoms with Crippen LogP contribution >= 0.6 is 0 Å². The molecule has 0 saturated carbocycles. The first-order chi connectivity index (χ1) is 10.3. The SMILES string of the molecule is Cc1cc(-c2ncc(C)[nH]2)nc([C@@H]2CCCN2S(C)(=O)=O)n1. The molecule has 7 nitrogen and oxygen atoms in total. The summed E-state index contributed by atoms with van der Waals surface area (Å²) < 4.78 is 25.3. The summed E-state index contributed by atoms with van der Waals surface area (Å²) in [5, 5.41) is 0. The molecule has 2 aromatic rings. The topological polar surface area (TPSA) is 91.8 Å². The van der Waals surface area contributed by atoms with E-state index >= 15 is 0 Å². The van der Waals surface area contributed by atoms with Crippen LogP contribution in [0.25, 0.3) is 11.5 Å². The number of hydrogen-bond acceptors (Lipinski definition) is 5. The number of imidazole rings is 1. The van der Waals surface area contributed by atoms with Gasteiger partial charge in [0, 0.05) is 24.1 Å². The van der Waals surface area contributed by atoms with Crippen molar-refractivity contribution in [3.05, 3.63) is 29.5 Å². The lowest BCUT2D eigenvalue weighted by Crippen LogP contribution is -2.30. The van der Waals surface area contributed by atoms with Gasteiger partial charge in [-0.3, -0.25) is 0 Å². The normalized spacial score (nSPS) is 19.7. The summed E-state index contributed by atoms with van der Waals surface area (Å²) in [5.74, 6) is 1.22. The second-order valence-electron chi connectivity index (χ2n) is 5.70. The summed E-state index contributed by atoms with van der Waals surface area (Å²) in [6.07, 6.45) is 4.54. The highest BCUT2D eigenvalue weighted by molar-refractivity contribution is 7.88. The zero-order valence-corrected chi connectivity index (χ0v) is 13.7. The predicted molar refractivity (Wildman–Crippen MR) is 82.6 cm³/mol. The Hall–Kier alpha value is -1.80. The van der Waals surface area contributed by atoms with Gasteiger partial charge in [0.1, 0.15) is 11.5 Å². The molecule has 1 N–H and O–H groups in total. The van der Waals surface area contributed by atoms with Gasteiger partial charge in [-0.2, -0.15) is 4.31 Å². The lowest BCUT2D eigenvalue weighted by atomic mass is 10.2. The third kappa shape index (κ3) is 2.89. The maximum absolute atomic E-state index is 11.9. The van der Waals surface area contributed by atoms with Crippen molar-refractivity contribution in [1.29, 1.82) is 0 Å². The van der Waals surface area contributed by atoms with Crippen LogP contribution in [-0.2, 0) is 10.0 Å². The quantitative estimate of drug-likeness (QED) is 0.926. The molecular formula is C14H19N5O2S. The van der Waals surface area contributed by atoms with Gasteiger partial charge in [0.15, 0.2) is 5.82 Å². The highest BCUT2D eigenvalue weighted by Crippen LogP contribution is 2.32. The summed E-state index contributed by atoms with van der Waals surface area (Å²) in [5.41, 5.74) is 2.44. The summed E-state index contributed by atoms with van der Waals surface area (Å²) in [4.78, 5) is 16.4. The van der Waals surface area contributed by atoms with Crippen molar-refractivity contribution >= 4 is 10.0 Å². The molecule has 1 fully saturated rings. The molecular weight excluding hydrogens is 302 g/mol. The molecule has 1 atom stereocenters. The molecule has 0 unspecified atom stereocenters. The molecule has 0 radical (unpaired) electrons. The molecule has 1 aliphatic heterocycles. The largest absolute Gasteiger partial charge is 0.341 e. The number of aromatic amines is 1. The van der Waals surface area contributed by atoms with Crippen molar-refractivity contribution < 1.29 is 8.42 Å². The fourth-order valence-corrected chi connectivity index (χ4v) is 3.92. The van der Waals surface area contributed by atoms with Crippen LogP contribution in [0, 0.1) is 13.8 Å². The van der Waals surface area contributed by atoms with Crippen LogP contribution in [0.1, 0.15) is 36.1 Å². The first-order valence-corrected chi connectivity index (χ1v) is 9.04. The molecule has 2 aromatic heterocycles. The molecule has 22 heavy (non-hydrogen) atoms. The Bertz CT molecular complexity index is 799. The molecule has 3 heterocycles. The number of hydrogen-bond donors (Lipinski definition) is 1. The van der Waals surface area contributed by atoms with E-state index in [2.05, 4.69) is 19.9 Å². The Morgan fingerprint density at radius 1 is 1.32 bits per heavy atom. The predicted octanol–water partition coefficient (Wildman–Crippen LogP) is 1.58. The Morgan fingerprint density at radius 3 is 2.73 bits per heavy atom. The van der Waals surface area contributed by atoms with Crippen molar-refractivity contribution in [2.75, 3.05) is 12.8 Å². The van der Waals surface area contributed by atoms with Crippen LogP contribution in [0.2, 0.25) is 0 Å². The highest BCUT2D eigenvalue weighted by Gasteiger charge is 2.34. The van der Waals surface area contributed by atoms with E-state index in [1.165, 1.54) is 10.6 Å². The monoisotopic (exact) mass is 321 g/mol. The number of aryl methyl sites for hydroxylation is 2. The van der Waals surface area contributed by atoms with Gasteiger partial charge in [0.2, 0.25) is 10.0 Å². The van der Waals surface area contributed by atoms with Gasteiger partial charge in [-0.25, -0.2) is 23.4 Å². The number of nitrogens with zero attached hydrogens (tertiary/aromatic N) is 4. The van der Waals surface area contributed by atoms with E-state index in [4.69, 9.17) is 0 Å². The van der Waals surface area contributed by atoms with Crippen molar-refractivity contribution in [2.24, 2.45) is 0 Å². The van der Waals surface area contributed by atoms with E-state index in [1.54, 1.807) is 6.20 Å². The van der Waals surface area contributed by atoms with Gasteiger partial charge in [-0.05, 0) is 32.8 Å². The maximum Gasteiger partial charge on any atom is 0.211 e. The van der Waals surface area contributed by atoms with Gasteiger partial charge in [-0.15, -0.1) is 0 Å². The molecule has 0 amide bonds. The van der Waals surface area contributed by atoms with E-state index in [0.717, 1.165) is 24.2 Å². The smallest absolute Gasteiger partial charge is 0.211 e. The molecule has 0 bridgehead atoms. The zero-order chi connectivity index (χ0) is 15.9. The second-order valence-corrected chi connectivity index (χ2v) is 7.63. The second kappa shape index (κ2) is 5.44. The fraction of sp³-hybridized carbons (Fsp3) is 0.500. The molecule has 3 rings (SSSR count). The van der Waals surface area contributed by atoms with Gasteiger partial charge in [-0.1, -0.05) is 0 Å². The summed E-state index contributed by atoms with van der Waals surface area (Å²) >= 11 is 0. The lowest BCUT2D eigenvalue weighted by Gasteiger charge is -2.21. The molecule has 8 heteroatoms. The van der Waals surface area contributed by atoms with Gasteiger partial charge < -0.3 is 4.98 Å². The molecule has 0 spiro atoms. The fourth-order valence-electron chi connectivity index (χ4n) is 2.80. The van der Waals surface area contributed by atoms with Crippen LogP contribution in [0.5, 0.6) is 0 Å². The molecule has 0 aliphatic carbocycles. The summed E-state index contributed by atoms with van der Waals surface area (Å²) in [7, 11) is -3.26. The molecule has 0 aromatic carbocycles. The van der Waals surface area contributed by atoms with E-state index < -0.39 is 10.0 Å². The van der Waals surface area contributed by atoms with Gasteiger partial charge in [0.25, 0.3) is 0 Å². The summed E-state index contributed by atoms with van der Waals surface area (Å²) in [6, 6.07) is 1.56. The molecule has 1 aliphatic rings. The Morgan fingerprint density at radius 2 is 2.09 bits per heavy atom. The minimum absolute atomic E-state index is 0.287. The van der Waals surface area contributed by atoms with E-state index in [-0.39, 0.29) is 6.04 Å². The molecule has 1 saturated heterocycles. The van der Waals surface area contributed by atoms with E-state index in [0.29, 0.717) is 23.9 Å². The van der Waals surface area contributed by atoms with E-state index in [9.17, 15) is 8.42 Å². The van der Waals surface area contributed by atoms with Crippen molar-refractivity contribution in [3.8, 4) is 11.5 Å².